The lowest BCUT2D eigenvalue weighted by Gasteiger charge is -2.10. The summed E-state index contributed by atoms with van der Waals surface area (Å²) in [4.78, 5) is 4.61. The van der Waals surface area contributed by atoms with Crippen LogP contribution in [-0.2, 0) is 12.8 Å². The van der Waals surface area contributed by atoms with Crippen LogP contribution >= 0.6 is 0 Å². The van der Waals surface area contributed by atoms with Gasteiger partial charge in [-0.3, -0.25) is 4.57 Å². The average Bonchev–Trinajstić information content (AvgIpc) is 2.96. The van der Waals surface area contributed by atoms with E-state index in [2.05, 4.69) is 46.2 Å². The van der Waals surface area contributed by atoms with Crippen molar-refractivity contribution in [2.75, 3.05) is 5.32 Å². The lowest BCUT2D eigenvalue weighted by Crippen LogP contribution is -2.07. The highest BCUT2D eigenvalue weighted by molar-refractivity contribution is 5.48. The lowest BCUT2D eigenvalue weighted by molar-refractivity contribution is 0.911. The van der Waals surface area contributed by atoms with Gasteiger partial charge in [-0.1, -0.05) is 6.07 Å². The Kier molecular flexibility index (Phi) is 2.40. The third-order valence-electron chi connectivity index (χ3n) is 4.10. The van der Waals surface area contributed by atoms with Crippen molar-refractivity contribution in [3.05, 3.63) is 41.2 Å². The molecular formula is C16H19N3. The zero-order valence-electron chi connectivity index (χ0n) is 11.3. The maximum atomic E-state index is 4.61. The van der Waals surface area contributed by atoms with Gasteiger partial charge in [-0.25, -0.2) is 4.98 Å². The van der Waals surface area contributed by atoms with Crippen LogP contribution in [0.25, 0.3) is 5.69 Å². The number of hydrogen-bond donors (Lipinski definition) is 1. The number of rotatable bonds is 3. The summed E-state index contributed by atoms with van der Waals surface area (Å²) in [5, 5.41) is 3.52. The minimum Gasteiger partial charge on any atom is -0.353 e. The molecule has 0 aliphatic heterocycles. The van der Waals surface area contributed by atoms with Crippen LogP contribution < -0.4 is 5.32 Å². The van der Waals surface area contributed by atoms with E-state index in [1.807, 2.05) is 0 Å². The summed E-state index contributed by atoms with van der Waals surface area (Å²) in [5.41, 5.74) is 5.35. The third kappa shape index (κ3) is 2.03. The van der Waals surface area contributed by atoms with Gasteiger partial charge in [-0.05, 0) is 62.3 Å². The van der Waals surface area contributed by atoms with E-state index in [4.69, 9.17) is 0 Å². The van der Waals surface area contributed by atoms with Gasteiger partial charge < -0.3 is 5.32 Å². The molecule has 0 atom stereocenters. The summed E-state index contributed by atoms with van der Waals surface area (Å²) < 4.78 is 2.20. The van der Waals surface area contributed by atoms with Gasteiger partial charge in [0.2, 0.25) is 5.95 Å². The van der Waals surface area contributed by atoms with E-state index < -0.39 is 0 Å². The van der Waals surface area contributed by atoms with Crippen molar-refractivity contribution < 1.29 is 0 Å². The Morgan fingerprint density at radius 1 is 1.21 bits per heavy atom. The summed E-state index contributed by atoms with van der Waals surface area (Å²) in [7, 11) is 0. The van der Waals surface area contributed by atoms with Crippen molar-refractivity contribution in [1.82, 2.24) is 9.55 Å². The first kappa shape index (κ1) is 11.1. The fourth-order valence-corrected chi connectivity index (χ4v) is 2.91. The van der Waals surface area contributed by atoms with Crippen molar-refractivity contribution in [3.63, 3.8) is 0 Å². The van der Waals surface area contributed by atoms with E-state index in [9.17, 15) is 0 Å². The molecule has 2 aliphatic rings. The molecule has 98 valence electrons. The summed E-state index contributed by atoms with van der Waals surface area (Å²) in [6.45, 7) is 2.06. The van der Waals surface area contributed by atoms with E-state index >= 15 is 0 Å². The van der Waals surface area contributed by atoms with E-state index in [0.717, 1.165) is 11.6 Å². The molecule has 0 bridgehead atoms. The van der Waals surface area contributed by atoms with Crippen LogP contribution in [0.3, 0.4) is 0 Å². The third-order valence-corrected chi connectivity index (χ3v) is 4.10. The van der Waals surface area contributed by atoms with Gasteiger partial charge in [0.05, 0.1) is 5.69 Å². The van der Waals surface area contributed by atoms with Gasteiger partial charge in [-0.15, -0.1) is 0 Å². The highest BCUT2D eigenvalue weighted by atomic mass is 15.2. The molecule has 2 aromatic rings. The number of hydrogen-bond acceptors (Lipinski definition) is 2. The van der Waals surface area contributed by atoms with Gasteiger partial charge in [-0.2, -0.15) is 0 Å². The van der Waals surface area contributed by atoms with Gasteiger partial charge in [0.15, 0.2) is 0 Å². The molecule has 3 heteroatoms. The van der Waals surface area contributed by atoms with Crippen LogP contribution in [-0.4, -0.2) is 15.6 Å². The molecule has 1 N–H and O–H groups in total. The maximum absolute atomic E-state index is 4.61. The van der Waals surface area contributed by atoms with E-state index in [0.29, 0.717) is 6.04 Å². The second-order valence-electron chi connectivity index (χ2n) is 5.80. The smallest absolute Gasteiger partial charge is 0.207 e. The highest BCUT2D eigenvalue weighted by Gasteiger charge is 2.23. The fourth-order valence-electron chi connectivity index (χ4n) is 2.91. The highest BCUT2D eigenvalue weighted by Crippen LogP contribution is 2.28. The molecule has 2 aliphatic carbocycles. The summed E-state index contributed by atoms with van der Waals surface area (Å²) in [5.74, 6) is 0.998. The minimum absolute atomic E-state index is 0.634. The number of imidazole rings is 1. The van der Waals surface area contributed by atoms with Gasteiger partial charge >= 0.3 is 0 Å². The molecule has 1 aromatic carbocycles. The SMILES string of the molecule is Cc1cn(-c2ccc3c(c2)CCC3)c(NC2CC2)n1. The van der Waals surface area contributed by atoms with Gasteiger partial charge in [0.1, 0.15) is 0 Å². The number of aromatic nitrogens is 2. The number of anilines is 1. The molecular weight excluding hydrogens is 234 g/mol. The summed E-state index contributed by atoms with van der Waals surface area (Å²) >= 11 is 0. The first-order chi connectivity index (χ1) is 9.29. The Bertz CT molecular complexity index is 623. The van der Waals surface area contributed by atoms with Crippen molar-refractivity contribution in [2.24, 2.45) is 0 Å². The molecule has 4 rings (SSSR count). The van der Waals surface area contributed by atoms with Gasteiger partial charge in [0.25, 0.3) is 0 Å². The molecule has 1 saturated carbocycles. The second-order valence-corrected chi connectivity index (χ2v) is 5.80. The Labute approximate surface area is 113 Å². The molecule has 1 aromatic heterocycles. The first-order valence-electron chi connectivity index (χ1n) is 7.24. The van der Waals surface area contributed by atoms with Gasteiger partial charge in [0, 0.05) is 17.9 Å². The molecule has 0 saturated heterocycles. The Morgan fingerprint density at radius 3 is 2.89 bits per heavy atom. The van der Waals surface area contributed by atoms with Crippen molar-refractivity contribution >= 4 is 5.95 Å². The molecule has 0 amide bonds. The summed E-state index contributed by atoms with van der Waals surface area (Å²) in [6, 6.07) is 7.48. The lowest BCUT2D eigenvalue weighted by atomic mass is 10.1. The van der Waals surface area contributed by atoms with Crippen LogP contribution in [0.15, 0.2) is 24.4 Å². The Balaban J connectivity index is 1.74. The standard InChI is InChI=1S/C16H19N3/c1-11-10-19(16(17-11)18-14-6-7-14)15-8-5-12-3-2-4-13(12)9-15/h5,8-10,14H,2-4,6-7H2,1H3,(H,17,18). The number of nitrogens with zero attached hydrogens (tertiary/aromatic N) is 2. The quantitative estimate of drug-likeness (QED) is 0.910. The van der Waals surface area contributed by atoms with E-state index in [1.165, 1.54) is 48.9 Å². The first-order valence-corrected chi connectivity index (χ1v) is 7.24. The van der Waals surface area contributed by atoms with Crippen LogP contribution in [0.4, 0.5) is 5.95 Å². The van der Waals surface area contributed by atoms with Crippen LogP contribution in [0, 0.1) is 6.92 Å². The fraction of sp³-hybridized carbons (Fsp3) is 0.438. The summed E-state index contributed by atoms with van der Waals surface area (Å²) in [6.07, 6.45) is 8.44. The van der Waals surface area contributed by atoms with Crippen molar-refractivity contribution in [2.45, 2.75) is 45.1 Å². The maximum Gasteiger partial charge on any atom is 0.207 e. The second kappa shape index (κ2) is 4.12. The monoisotopic (exact) mass is 253 g/mol. The van der Waals surface area contributed by atoms with E-state index in [1.54, 1.807) is 0 Å². The Hall–Kier alpha value is -1.77. The average molecular weight is 253 g/mol. The molecule has 1 heterocycles. The minimum atomic E-state index is 0.634. The van der Waals surface area contributed by atoms with Crippen molar-refractivity contribution in [1.29, 1.82) is 0 Å². The largest absolute Gasteiger partial charge is 0.353 e. The van der Waals surface area contributed by atoms with Crippen LogP contribution in [0.5, 0.6) is 0 Å². The molecule has 0 radical (unpaired) electrons. The molecule has 19 heavy (non-hydrogen) atoms. The Morgan fingerprint density at radius 2 is 2.05 bits per heavy atom. The predicted octanol–water partition coefficient (Wildman–Crippen LogP) is 3.24. The molecule has 1 fully saturated rings. The van der Waals surface area contributed by atoms with Crippen molar-refractivity contribution in [3.8, 4) is 5.69 Å². The zero-order chi connectivity index (χ0) is 12.8. The van der Waals surface area contributed by atoms with E-state index in [-0.39, 0.29) is 0 Å². The zero-order valence-corrected chi connectivity index (χ0v) is 11.3. The number of benzene rings is 1. The number of fused-ring (bicyclic) bond motifs is 1. The van der Waals surface area contributed by atoms with Crippen LogP contribution in [0.2, 0.25) is 0 Å². The van der Waals surface area contributed by atoms with Crippen LogP contribution in [0.1, 0.15) is 36.1 Å². The number of nitrogens with one attached hydrogen (secondary N) is 1. The molecule has 0 spiro atoms. The number of aryl methyl sites for hydroxylation is 3. The normalized spacial score (nSPS) is 17.5. The molecule has 3 nitrogen and oxygen atoms in total. The predicted molar refractivity (Wildman–Crippen MR) is 77.0 cm³/mol. The molecule has 0 unspecified atom stereocenters. The topological polar surface area (TPSA) is 29.9 Å².